The molecule has 0 aromatic carbocycles. The van der Waals surface area contributed by atoms with Gasteiger partial charge in [-0.05, 0) is 37.6 Å². The van der Waals surface area contributed by atoms with Crippen LogP contribution in [-0.2, 0) is 9.59 Å². The molecule has 5 heteroatoms. The number of rotatable bonds is 9. The molecule has 0 saturated carbocycles. The van der Waals surface area contributed by atoms with Crippen LogP contribution in [0.3, 0.4) is 0 Å². The van der Waals surface area contributed by atoms with Crippen LogP contribution in [0.25, 0.3) is 0 Å². The molecule has 1 unspecified atom stereocenters. The summed E-state index contributed by atoms with van der Waals surface area (Å²) in [5.41, 5.74) is -0.291. The Morgan fingerprint density at radius 1 is 1.38 bits per heavy atom. The maximum Gasteiger partial charge on any atom is 0.303 e. The Bertz CT molecular complexity index is 349. The highest BCUT2D eigenvalue weighted by molar-refractivity contribution is 5.83. The Labute approximate surface area is 127 Å². The van der Waals surface area contributed by atoms with E-state index in [0.29, 0.717) is 12.5 Å². The Hall–Kier alpha value is -1.10. The molecule has 21 heavy (non-hydrogen) atoms. The fraction of sp³-hybridized carbons (Fsp3) is 0.875. The van der Waals surface area contributed by atoms with Crippen LogP contribution in [0.2, 0.25) is 0 Å². The first-order chi connectivity index (χ1) is 9.89. The van der Waals surface area contributed by atoms with Gasteiger partial charge in [-0.3, -0.25) is 9.59 Å². The molecule has 122 valence electrons. The summed E-state index contributed by atoms with van der Waals surface area (Å²) in [4.78, 5) is 23.5. The second-order valence-corrected chi connectivity index (χ2v) is 6.76. The number of carboxylic acids is 1. The summed E-state index contributed by atoms with van der Waals surface area (Å²) in [6, 6.07) is 0. The minimum Gasteiger partial charge on any atom is -0.481 e. The molecule has 0 spiro atoms. The van der Waals surface area contributed by atoms with E-state index in [1.54, 1.807) is 0 Å². The Kier molecular flexibility index (Phi) is 7.15. The summed E-state index contributed by atoms with van der Waals surface area (Å²) in [5.74, 6) is -0.252. The molecule has 1 aliphatic rings. The molecule has 0 aromatic heterocycles. The molecule has 1 heterocycles. The average molecular weight is 298 g/mol. The van der Waals surface area contributed by atoms with Gasteiger partial charge in [-0.25, -0.2) is 0 Å². The largest absolute Gasteiger partial charge is 0.481 e. The summed E-state index contributed by atoms with van der Waals surface area (Å²) in [7, 11) is 0. The van der Waals surface area contributed by atoms with E-state index < -0.39 is 5.97 Å². The van der Waals surface area contributed by atoms with E-state index in [0.717, 1.165) is 38.8 Å². The first-order valence-corrected chi connectivity index (χ1v) is 8.10. The molecular formula is C16H30N2O3. The molecule has 0 bridgehead atoms. The zero-order valence-electron chi connectivity index (χ0n) is 13.6. The first kappa shape index (κ1) is 18.0. The van der Waals surface area contributed by atoms with E-state index in [2.05, 4.69) is 31.4 Å². The number of carboxylic acid groups (broad SMARTS) is 1. The van der Waals surface area contributed by atoms with Crippen LogP contribution in [0.15, 0.2) is 0 Å². The minimum atomic E-state index is -0.791. The van der Waals surface area contributed by atoms with Crippen LogP contribution in [0.1, 0.15) is 52.9 Å². The van der Waals surface area contributed by atoms with E-state index in [1.165, 1.54) is 0 Å². The fourth-order valence-corrected chi connectivity index (χ4v) is 3.32. The predicted octanol–water partition coefficient (Wildman–Crippen LogP) is 2.02. The number of carbonyl (C=O) groups excluding carboxylic acids is 1. The van der Waals surface area contributed by atoms with Crippen LogP contribution in [0.5, 0.6) is 0 Å². The van der Waals surface area contributed by atoms with Crippen LogP contribution in [0.4, 0.5) is 0 Å². The molecule has 1 aliphatic heterocycles. The zero-order valence-corrected chi connectivity index (χ0v) is 13.6. The van der Waals surface area contributed by atoms with Crippen molar-refractivity contribution in [2.24, 2.45) is 17.3 Å². The van der Waals surface area contributed by atoms with Gasteiger partial charge in [0, 0.05) is 19.5 Å². The second kappa shape index (κ2) is 8.37. The Morgan fingerprint density at radius 2 is 2.10 bits per heavy atom. The molecule has 1 amide bonds. The number of aliphatic carboxylic acids is 1. The molecule has 1 fully saturated rings. The second-order valence-electron chi connectivity index (χ2n) is 6.76. The molecule has 2 atom stereocenters. The van der Waals surface area contributed by atoms with Gasteiger partial charge in [0.2, 0.25) is 5.91 Å². The minimum absolute atomic E-state index is 0.0134. The van der Waals surface area contributed by atoms with Gasteiger partial charge in [0.05, 0.1) is 5.41 Å². The lowest BCUT2D eigenvalue weighted by Crippen LogP contribution is -2.44. The van der Waals surface area contributed by atoms with Crippen LogP contribution >= 0.6 is 0 Å². The molecule has 0 radical (unpaired) electrons. The summed E-state index contributed by atoms with van der Waals surface area (Å²) in [5, 5.41) is 15.3. The maximum atomic E-state index is 12.5. The third-order valence-corrected chi connectivity index (χ3v) is 4.27. The highest BCUT2D eigenvalue weighted by atomic mass is 16.4. The summed E-state index contributed by atoms with van der Waals surface area (Å²) < 4.78 is 0. The van der Waals surface area contributed by atoms with Crippen molar-refractivity contribution in [2.45, 2.75) is 52.9 Å². The van der Waals surface area contributed by atoms with Crippen molar-refractivity contribution in [3.05, 3.63) is 0 Å². The van der Waals surface area contributed by atoms with Crippen molar-refractivity contribution in [3.63, 3.8) is 0 Å². The van der Waals surface area contributed by atoms with Crippen molar-refractivity contribution in [1.82, 2.24) is 10.6 Å². The highest BCUT2D eigenvalue weighted by Crippen LogP contribution is 2.31. The topological polar surface area (TPSA) is 78.4 Å². The molecule has 3 N–H and O–H groups in total. The number of hydrogen-bond donors (Lipinski definition) is 3. The van der Waals surface area contributed by atoms with Crippen LogP contribution in [-0.4, -0.2) is 36.6 Å². The van der Waals surface area contributed by atoms with Gasteiger partial charge in [0.25, 0.3) is 0 Å². The summed E-state index contributed by atoms with van der Waals surface area (Å²) >= 11 is 0. The Balaban J connectivity index is 2.56. The lowest BCUT2D eigenvalue weighted by Gasteiger charge is -2.28. The van der Waals surface area contributed by atoms with E-state index >= 15 is 0 Å². The third kappa shape index (κ3) is 5.65. The van der Waals surface area contributed by atoms with Crippen molar-refractivity contribution in [3.8, 4) is 0 Å². The first-order valence-electron chi connectivity index (χ1n) is 8.10. The van der Waals surface area contributed by atoms with E-state index in [1.807, 2.05) is 0 Å². The lowest BCUT2D eigenvalue weighted by atomic mass is 9.81. The molecule has 1 saturated heterocycles. The van der Waals surface area contributed by atoms with Crippen molar-refractivity contribution >= 4 is 11.9 Å². The number of amides is 1. The highest BCUT2D eigenvalue weighted by Gasteiger charge is 2.40. The number of hydrogen-bond acceptors (Lipinski definition) is 3. The van der Waals surface area contributed by atoms with Crippen LogP contribution < -0.4 is 10.6 Å². The molecule has 1 rings (SSSR count). The van der Waals surface area contributed by atoms with Gasteiger partial charge in [-0.2, -0.15) is 0 Å². The summed E-state index contributed by atoms with van der Waals surface area (Å²) in [6.07, 6.45) is 3.70. The van der Waals surface area contributed by atoms with Gasteiger partial charge >= 0.3 is 5.97 Å². The van der Waals surface area contributed by atoms with Gasteiger partial charge in [0.1, 0.15) is 0 Å². The van der Waals surface area contributed by atoms with E-state index in [9.17, 15) is 9.59 Å². The average Bonchev–Trinajstić information content (AvgIpc) is 2.84. The van der Waals surface area contributed by atoms with E-state index in [4.69, 9.17) is 5.11 Å². The lowest BCUT2D eigenvalue weighted by molar-refractivity contribution is -0.138. The Morgan fingerprint density at radius 3 is 2.57 bits per heavy atom. The normalized spacial score (nSPS) is 23.2. The monoisotopic (exact) mass is 298 g/mol. The quantitative estimate of drug-likeness (QED) is 0.608. The van der Waals surface area contributed by atoms with Crippen LogP contribution in [0, 0.1) is 17.3 Å². The van der Waals surface area contributed by atoms with Crippen molar-refractivity contribution < 1.29 is 14.7 Å². The molecular weight excluding hydrogens is 268 g/mol. The number of nitrogens with one attached hydrogen (secondary N) is 2. The fourth-order valence-electron chi connectivity index (χ4n) is 3.32. The van der Waals surface area contributed by atoms with Gasteiger partial charge in [0.15, 0.2) is 0 Å². The SMILES string of the molecule is CCCC1(C(=O)NC[C@H](CC(=O)O)CC(C)C)CCNC1. The molecule has 0 aromatic rings. The third-order valence-electron chi connectivity index (χ3n) is 4.27. The van der Waals surface area contributed by atoms with Gasteiger partial charge in [-0.1, -0.05) is 27.2 Å². The standard InChI is InChI=1S/C16H30N2O3/c1-4-5-16(6-7-17-11-16)15(21)18-10-13(8-12(2)3)9-14(19)20/h12-13,17H,4-11H2,1-3H3,(H,18,21)(H,19,20)/t13-,16?/m0/s1. The molecule has 0 aliphatic carbocycles. The smallest absolute Gasteiger partial charge is 0.303 e. The van der Waals surface area contributed by atoms with Gasteiger partial charge in [-0.15, -0.1) is 0 Å². The van der Waals surface area contributed by atoms with Crippen molar-refractivity contribution in [1.29, 1.82) is 0 Å². The van der Waals surface area contributed by atoms with Gasteiger partial charge < -0.3 is 15.7 Å². The maximum absolute atomic E-state index is 12.5. The summed E-state index contributed by atoms with van der Waals surface area (Å²) in [6.45, 7) is 8.35. The predicted molar refractivity (Wildman–Crippen MR) is 83.0 cm³/mol. The van der Waals surface area contributed by atoms with E-state index in [-0.39, 0.29) is 23.7 Å². The number of carbonyl (C=O) groups is 2. The zero-order chi connectivity index (χ0) is 15.9. The molecule has 5 nitrogen and oxygen atoms in total. The van der Waals surface area contributed by atoms with Crippen molar-refractivity contribution in [2.75, 3.05) is 19.6 Å².